The van der Waals surface area contributed by atoms with Gasteiger partial charge in [0.25, 0.3) is 0 Å². The molecule has 0 aromatic carbocycles. The van der Waals surface area contributed by atoms with Gasteiger partial charge < -0.3 is 5.32 Å². The summed E-state index contributed by atoms with van der Waals surface area (Å²) in [7, 11) is 0. The Morgan fingerprint density at radius 2 is 2.31 bits per heavy atom. The maximum Gasteiger partial charge on any atom is 0.223 e. The van der Waals surface area contributed by atoms with Crippen molar-refractivity contribution in [3.63, 3.8) is 0 Å². The highest BCUT2D eigenvalue weighted by molar-refractivity contribution is 5.26. The van der Waals surface area contributed by atoms with Gasteiger partial charge in [-0.25, -0.2) is 9.97 Å². The van der Waals surface area contributed by atoms with E-state index in [0.717, 1.165) is 17.6 Å². The Balaban J connectivity index is 1.94. The SMILES string of the molecule is CCC1CCCC(Nc2nccc(C)n2)C1. The van der Waals surface area contributed by atoms with Crippen LogP contribution in [-0.4, -0.2) is 16.0 Å². The first-order valence-electron chi connectivity index (χ1n) is 6.34. The normalized spacial score (nSPS) is 25.4. The average molecular weight is 219 g/mol. The molecule has 88 valence electrons. The van der Waals surface area contributed by atoms with E-state index in [1.165, 1.54) is 32.1 Å². The molecule has 2 unspecified atom stereocenters. The van der Waals surface area contributed by atoms with Crippen LogP contribution in [0.5, 0.6) is 0 Å². The Labute approximate surface area is 97.7 Å². The van der Waals surface area contributed by atoms with Gasteiger partial charge in [-0.3, -0.25) is 0 Å². The molecule has 1 N–H and O–H groups in total. The number of nitrogens with one attached hydrogen (secondary N) is 1. The predicted octanol–water partition coefficient (Wildman–Crippen LogP) is 3.17. The van der Waals surface area contributed by atoms with E-state index < -0.39 is 0 Å². The molecule has 16 heavy (non-hydrogen) atoms. The van der Waals surface area contributed by atoms with Crippen LogP contribution in [0.25, 0.3) is 0 Å². The maximum atomic E-state index is 4.40. The number of nitrogens with zero attached hydrogens (tertiary/aromatic N) is 2. The standard InChI is InChI=1S/C13H21N3/c1-3-11-5-4-6-12(9-11)16-13-14-8-7-10(2)15-13/h7-8,11-12H,3-6,9H2,1-2H3,(H,14,15,16). The molecule has 3 nitrogen and oxygen atoms in total. The lowest BCUT2D eigenvalue weighted by Crippen LogP contribution is -2.27. The highest BCUT2D eigenvalue weighted by Crippen LogP contribution is 2.27. The third-order valence-electron chi connectivity index (χ3n) is 3.49. The zero-order valence-corrected chi connectivity index (χ0v) is 10.2. The van der Waals surface area contributed by atoms with Crippen molar-refractivity contribution in [3.05, 3.63) is 18.0 Å². The molecule has 0 radical (unpaired) electrons. The van der Waals surface area contributed by atoms with Crippen LogP contribution in [0.1, 0.15) is 44.7 Å². The number of hydrogen-bond donors (Lipinski definition) is 1. The molecule has 3 heteroatoms. The van der Waals surface area contributed by atoms with Crippen molar-refractivity contribution < 1.29 is 0 Å². The van der Waals surface area contributed by atoms with Crippen molar-refractivity contribution >= 4 is 5.95 Å². The number of aryl methyl sites for hydroxylation is 1. The molecule has 1 aromatic rings. The lowest BCUT2D eigenvalue weighted by Gasteiger charge is -2.29. The van der Waals surface area contributed by atoms with Gasteiger partial charge in [0.1, 0.15) is 0 Å². The lowest BCUT2D eigenvalue weighted by atomic mass is 9.84. The summed E-state index contributed by atoms with van der Waals surface area (Å²) in [5.41, 5.74) is 1.03. The van der Waals surface area contributed by atoms with Crippen molar-refractivity contribution in [1.82, 2.24) is 9.97 Å². The van der Waals surface area contributed by atoms with E-state index in [0.29, 0.717) is 6.04 Å². The molecular weight excluding hydrogens is 198 g/mol. The van der Waals surface area contributed by atoms with Crippen molar-refractivity contribution in [3.8, 4) is 0 Å². The summed E-state index contributed by atoms with van der Waals surface area (Å²) in [6.07, 6.45) is 8.38. The first kappa shape index (κ1) is 11.4. The first-order chi connectivity index (χ1) is 7.78. The molecule has 1 heterocycles. The minimum absolute atomic E-state index is 0.570. The van der Waals surface area contributed by atoms with Gasteiger partial charge >= 0.3 is 0 Å². The molecule has 1 aliphatic rings. The Hall–Kier alpha value is -1.12. The van der Waals surface area contributed by atoms with E-state index in [2.05, 4.69) is 22.2 Å². The Morgan fingerprint density at radius 1 is 1.44 bits per heavy atom. The highest BCUT2D eigenvalue weighted by Gasteiger charge is 2.20. The molecular formula is C13H21N3. The number of aromatic nitrogens is 2. The van der Waals surface area contributed by atoms with Crippen LogP contribution in [0.4, 0.5) is 5.95 Å². The fraction of sp³-hybridized carbons (Fsp3) is 0.692. The summed E-state index contributed by atoms with van der Waals surface area (Å²) in [5, 5.41) is 3.46. The number of anilines is 1. The van der Waals surface area contributed by atoms with Gasteiger partial charge in [0.05, 0.1) is 0 Å². The lowest BCUT2D eigenvalue weighted by molar-refractivity contribution is 0.326. The molecule has 1 saturated carbocycles. The van der Waals surface area contributed by atoms with E-state index in [4.69, 9.17) is 0 Å². The predicted molar refractivity (Wildman–Crippen MR) is 66.4 cm³/mol. The van der Waals surface area contributed by atoms with Crippen LogP contribution in [0, 0.1) is 12.8 Å². The Kier molecular flexibility index (Phi) is 3.75. The first-order valence-corrected chi connectivity index (χ1v) is 6.34. The minimum Gasteiger partial charge on any atom is -0.351 e. The van der Waals surface area contributed by atoms with Gasteiger partial charge in [-0.2, -0.15) is 0 Å². The van der Waals surface area contributed by atoms with Crippen LogP contribution in [-0.2, 0) is 0 Å². The summed E-state index contributed by atoms with van der Waals surface area (Å²) in [6.45, 7) is 4.29. The molecule has 1 aromatic heterocycles. The Morgan fingerprint density at radius 3 is 3.06 bits per heavy atom. The van der Waals surface area contributed by atoms with Gasteiger partial charge in [0.15, 0.2) is 0 Å². The topological polar surface area (TPSA) is 37.8 Å². The van der Waals surface area contributed by atoms with Crippen molar-refractivity contribution in [1.29, 1.82) is 0 Å². The molecule has 0 amide bonds. The summed E-state index contributed by atoms with van der Waals surface area (Å²) >= 11 is 0. The molecule has 2 atom stereocenters. The third-order valence-corrected chi connectivity index (χ3v) is 3.49. The minimum atomic E-state index is 0.570. The zero-order valence-electron chi connectivity index (χ0n) is 10.2. The maximum absolute atomic E-state index is 4.40. The molecule has 0 spiro atoms. The summed E-state index contributed by atoms with van der Waals surface area (Å²) in [4.78, 5) is 8.66. The van der Waals surface area contributed by atoms with Gasteiger partial charge in [0.2, 0.25) is 5.95 Å². The van der Waals surface area contributed by atoms with Crippen LogP contribution in [0.3, 0.4) is 0 Å². The molecule has 0 aliphatic heterocycles. The molecule has 1 aliphatic carbocycles. The van der Waals surface area contributed by atoms with Gasteiger partial charge in [-0.05, 0) is 31.7 Å². The van der Waals surface area contributed by atoms with Crippen LogP contribution in [0.15, 0.2) is 12.3 Å². The molecule has 0 saturated heterocycles. The zero-order chi connectivity index (χ0) is 11.4. The second kappa shape index (κ2) is 5.28. The number of hydrogen-bond acceptors (Lipinski definition) is 3. The fourth-order valence-corrected chi connectivity index (χ4v) is 2.49. The van der Waals surface area contributed by atoms with E-state index in [-0.39, 0.29) is 0 Å². The largest absolute Gasteiger partial charge is 0.351 e. The smallest absolute Gasteiger partial charge is 0.223 e. The average Bonchev–Trinajstić information content (AvgIpc) is 2.29. The van der Waals surface area contributed by atoms with Gasteiger partial charge in [0, 0.05) is 17.9 Å². The van der Waals surface area contributed by atoms with Gasteiger partial charge in [-0.15, -0.1) is 0 Å². The third kappa shape index (κ3) is 2.94. The van der Waals surface area contributed by atoms with Crippen LogP contribution >= 0.6 is 0 Å². The van der Waals surface area contributed by atoms with Crippen molar-refractivity contribution in [2.45, 2.75) is 52.0 Å². The quantitative estimate of drug-likeness (QED) is 0.848. The Bertz CT molecular complexity index is 338. The van der Waals surface area contributed by atoms with Crippen LogP contribution in [0.2, 0.25) is 0 Å². The van der Waals surface area contributed by atoms with Crippen molar-refractivity contribution in [2.24, 2.45) is 5.92 Å². The van der Waals surface area contributed by atoms with E-state index in [1.807, 2.05) is 19.2 Å². The molecule has 1 fully saturated rings. The van der Waals surface area contributed by atoms with E-state index in [1.54, 1.807) is 0 Å². The monoisotopic (exact) mass is 219 g/mol. The highest BCUT2D eigenvalue weighted by atomic mass is 15.1. The van der Waals surface area contributed by atoms with E-state index >= 15 is 0 Å². The van der Waals surface area contributed by atoms with Gasteiger partial charge in [-0.1, -0.05) is 26.2 Å². The van der Waals surface area contributed by atoms with E-state index in [9.17, 15) is 0 Å². The summed E-state index contributed by atoms with van der Waals surface area (Å²) in [6, 6.07) is 2.50. The summed E-state index contributed by atoms with van der Waals surface area (Å²) < 4.78 is 0. The second-order valence-electron chi connectivity index (χ2n) is 4.80. The summed E-state index contributed by atoms with van der Waals surface area (Å²) in [5.74, 6) is 1.68. The van der Waals surface area contributed by atoms with Crippen molar-refractivity contribution in [2.75, 3.05) is 5.32 Å². The van der Waals surface area contributed by atoms with Crippen LogP contribution < -0.4 is 5.32 Å². The number of rotatable bonds is 3. The fourth-order valence-electron chi connectivity index (χ4n) is 2.49. The molecule has 2 rings (SSSR count). The molecule has 0 bridgehead atoms. The second-order valence-corrected chi connectivity index (χ2v) is 4.80.